The Balaban J connectivity index is 2.08. The van der Waals surface area contributed by atoms with Crippen molar-refractivity contribution in [1.82, 2.24) is 0 Å². The first-order chi connectivity index (χ1) is 4.43. The van der Waals surface area contributed by atoms with Crippen LogP contribution in [0, 0.1) is 0 Å². The molecule has 0 amide bonds. The second-order valence-electron chi connectivity index (χ2n) is 2.11. The minimum absolute atomic E-state index is 0.799. The summed E-state index contributed by atoms with van der Waals surface area (Å²) in [6.07, 6.45) is 2.52. The Morgan fingerprint density at radius 2 is 2.44 bits per heavy atom. The highest BCUT2D eigenvalue weighted by atomic mass is 28.3. The molecule has 0 N–H and O–H groups in total. The molecule has 0 aromatic heterocycles. The summed E-state index contributed by atoms with van der Waals surface area (Å²) >= 11 is 0. The largest absolute Gasteiger partial charge is 0.394 e. The van der Waals surface area contributed by atoms with E-state index in [-0.39, 0.29) is 0 Å². The molecule has 0 aromatic carbocycles. The van der Waals surface area contributed by atoms with Crippen molar-refractivity contribution >= 4 is 9.28 Å². The highest BCUT2D eigenvalue weighted by Gasteiger charge is 2.17. The fourth-order valence-electron chi connectivity index (χ4n) is 0.904. The third-order valence-corrected chi connectivity index (χ3v) is 3.24. The standard InChI is InChI=1S/C6H13O2Si/c1-2-7-9-6-4-3-5-8-9/h2-6H2,1H3. The van der Waals surface area contributed by atoms with Crippen molar-refractivity contribution in [3.8, 4) is 0 Å². The normalized spacial score (nSPS) is 22.3. The number of rotatable bonds is 2. The fraction of sp³-hybridized carbons (Fsp3) is 1.00. The zero-order valence-corrected chi connectivity index (χ0v) is 6.85. The minimum Gasteiger partial charge on any atom is -0.394 e. The van der Waals surface area contributed by atoms with Gasteiger partial charge in [0.2, 0.25) is 0 Å². The van der Waals surface area contributed by atoms with Gasteiger partial charge >= 0.3 is 9.28 Å². The zero-order valence-electron chi connectivity index (χ0n) is 5.85. The Morgan fingerprint density at radius 1 is 1.56 bits per heavy atom. The molecule has 0 aromatic rings. The van der Waals surface area contributed by atoms with E-state index < -0.39 is 9.28 Å². The first-order valence-corrected chi connectivity index (χ1v) is 5.07. The summed E-state index contributed by atoms with van der Waals surface area (Å²) in [5, 5.41) is 0. The minimum atomic E-state index is -0.799. The molecule has 0 unspecified atom stereocenters. The molecule has 3 heteroatoms. The highest BCUT2D eigenvalue weighted by molar-refractivity contribution is 6.44. The number of hydrogen-bond acceptors (Lipinski definition) is 2. The van der Waals surface area contributed by atoms with Gasteiger partial charge in [-0.05, 0) is 25.8 Å². The molecule has 1 aliphatic rings. The molecule has 1 radical (unpaired) electrons. The lowest BCUT2D eigenvalue weighted by molar-refractivity contribution is 0.184. The molecule has 1 saturated heterocycles. The van der Waals surface area contributed by atoms with Gasteiger partial charge in [0.25, 0.3) is 0 Å². The van der Waals surface area contributed by atoms with E-state index in [0.717, 1.165) is 13.2 Å². The molecule has 0 aliphatic carbocycles. The van der Waals surface area contributed by atoms with Crippen molar-refractivity contribution in [2.45, 2.75) is 25.8 Å². The van der Waals surface area contributed by atoms with E-state index in [1.165, 1.54) is 18.9 Å². The average molecular weight is 145 g/mol. The summed E-state index contributed by atoms with van der Waals surface area (Å²) in [5.74, 6) is 0. The molecule has 1 rings (SSSR count). The SMILES string of the molecule is CCO[Si]1CCCCO1. The van der Waals surface area contributed by atoms with Gasteiger partial charge in [0.05, 0.1) is 0 Å². The number of hydrogen-bond donors (Lipinski definition) is 0. The second-order valence-corrected chi connectivity index (χ2v) is 3.93. The fourth-order valence-corrected chi connectivity index (χ4v) is 2.51. The third kappa shape index (κ3) is 2.47. The summed E-state index contributed by atoms with van der Waals surface area (Å²) in [5.41, 5.74) is 0. The monoisotopic (exact) mass is 145 g/mol. The van der Waals surface area contributed by atoms with Gasteiger partial charge in [0, 0.05) is 13.2 Å². The van der Waals surface area contributed by atoms with Crippen molar-refractivity contribution in [3.05, 3.63) is 0 Å². The summed E-state index contributed by atoms with van der Waals surface area (Å²) in [6.45, 7) is 3.76. The van der Waals surface area contributed by atoms with Gasteiger partial charge in [-0.3, -0.25) is 0 Å². The molecule has 9 heavy (non-hydrogen) atoms. The molecule has 0 spiro atoms. The predicted molar refractivity (Wildman–Crippen MR) is 37.4 cm³/mol. The molecular weight excluding hydrogens is 132 g/mol. The lowest BCUT2D eigenvalue weighted by atomic mass is 10.4. The van der Waals surface area contributed by atoms with Gasteiger partial charge in [0.15, 0.2) is 0 Å². The maximum Gasteiger partial charge on any atom is 0.384 e. The van der Waals surface area contributed by atoms with Crippen LogP contribution >= 0.6 is 0 Å². The third-order valence-electron chi connectivity index (χ3n) is 1.34. The Labute approximate surface area is 58.0 Å². The van der Waals surface area contributed by atoms with Crippen molar-refractivity contribution in [2.24, 2.45) is 0 Å². The summed E-state index contributed by atoms with van der Waals surface area (Å²) in [4.78, 5) is 0. The quantitative estimate of drug-likeness (QED) is 0.546. The van der Waals surface area contributed by atoms with E-state index in [1.807, 2.05) is 6.92 Å². The molecule has 1 aliphatic heterocycles. The van der Waals surface area contributed by atoms with Gasteiger partial charge in [-0.25, -0.2) is 0 Å². The molecule has 0 atom stereocenters. The van der Waals surface area contributed by atoms with Crippen LogP contribution < -0.4 is 0 Å². The van der Waals surface area contributed by atoms with E-state index in [2.05, 4.69) is 0 Å². The Kier molecular flexibility index (Phi) is 3.25. The topological polar surface area (TPSA) is 18.5 Å². The summed E-state index contributed by atoms with van der Waals surface area (Å²) in [6, 6.07) is 1.18. The van der Waals surface area contributed by atoms with Gasteiger partial charge in [-0.2, -0.15) is 0 Å². The van der Waals surface area contributed by atoms with Crippen LogP contribution in [0.4, 0.5) is 0 Å². The van der Waals surface area contributed by atoms with E-state index >= 15 is 0 Å². The Bertz CT molecular complexity index is 68.7. The average Bonchev–Trinajstić information content (AvgIpc) is 1.91. The van der Waals surface area contributed by atoms with E-state index in [0.29, 0.717) is 0 Å². The maximum atomic E-state index is 5.40. The van der Waals surface area contributed by atoms with Crippen molar-refractivity contribution in [2.75, 3.05) is 13.2 Å². The van der Waals surface area contributed by atoms with E-state index in [4.69, 9.17) is 8.85 Å². The first-order valence-electron chi connectivity index (χ1n) is 3.55. The molecule has 53 valence electrons. The highest BCUT2D eigenvalue weighted by Crippen LogP contribution is 2.10. The molecule has 0 bridgehead atoms. The van der Waals surface area contributed by atoms with Gasteiger partial charge in [0.1, 0.15) is 0 Å². The van der Waals surface area contributed by atoms with Gasteiger partial charge in [-0.1, -0.05) is 0 Å². The van der Waals surface area contributed by atoms with Gasteiger partial charge < -0.3 is 8.85 Å². The van der Waals surface area contributed by atoms with Crippen molar-refractivity contribution in [3.63, 3.8) is 0 Å². The second kappa shape index (κ2) is 4.03. The van der Waals surface area contributed by atoms with Crippen LogP contribution in [0.1, 0.15) is 19.8 Å². The molecule has 0 saturated carbocycles. The summed E-state index contributed by atoms with van der Waals surface area (Å²) < 4.78 is 10.8. The van der Waals surface area contributed by atoms with Crippen LogP contribution in [0.15, 0.2) is 0 Å². The van der Waals surface area contributed by atoms with Crippen LogP contribution in [0.25, 0.3) is 0 Å². The predicted octanol–water partition coefficient (Wildman–Crippen LogP) is 1.32. The lowest BCUT2D eigenvalue weighted by Gasteiger charge is -2.18. The van der Waals surface area contributed by atoms with Crippen LogP contribution in [0.5, 0.6) is 0 Å². The van der Waals surface area contributed by atoms with E-state index in [9.17, 15) is 0 Å². The molecular formula is C6H13O2Si. The Hall–Kier alpha value is 0.137. The van der Waals surface area contributed by atoms with Crippen LogP contribution in [-0.2, 0) is 8.85 Å². The van der Waals surface area contributed by atoms with E-state index in [1.54, 1.807) is 0 Å². The maximum absolute atomic E-state index is 5.40. The van der Waals surface area contributed by atoms with Crippen molar-refractivity contribution in [1.29, 1.82) is 0 Å². The molecule has 1 fully saturated rings. The smallest absolute Gasteiger partial charge is 0.384 e. The molecule has 2 nitrogen and oxygen atoms in total. The van der Waals surface area contributed by atoms with Crippen LogP contribution in [0.2, 0.25) is 6.04 Å². The Morgan fingerprint density at radius 3 is 3.00 bits per heavy atom. The lowest BCUT2D eigenvalue weighted by Crippen LogP contribution is -2.26. The molecule has 1 heterocycles. The van der Waals surface area contributed by atoms with Gasteiger partial charge in [-0.15, -0.1) is 0 Å². The zero-order chi connectivity index (χ0) is 6.53. The first kappa shape index (κ1) is 7.25. The van der Waals surface area contributed by atoms with Crippen LogP contribution in [-0.4, -0.2) is 22.5 Å². The van der Waals surface area contributed by atoms with Crippen molar-refractivity contribution < 1.29 is 8.85 Å². The summed E-state index contributed by atoms with van der Waals surface area (Å²) in [7, 11) is -0.799. The van der Waals surface area contributed by atoms with Crippen LogP contribution in [0.3, 0.4) is 0 Å².